The summed E-state index contributed by atoms with van der Waals surface area (Å²) < 4.78 is 32.6. The van der Waals surface area contributed by atoms with E-state index in [2.05, 4.69) is 10.0 Å². The van der Waals surface area contributed by atoms with Gasteiger partial charge in [-0.15, -0.1) is 0 Å². The average molecular weight is 407 g/mol. The van der Waals surface area contributed by atoms with Crippen molar-refractivity contribution in [3.63, 3.8) is 0 Å². The van der Waals surface area contributed by atoms with Crippen LogP contribution in [0.25, 0.3) is 0 Å². The lowest BCUT2D eigenvalue weighted by atomic mass is 10.2. The first-order valence-corrected chi connectivity index (χ1v) is 9.98. The van der Waals surface area contributed by atoms with Crippen molar-refractivity contribution >= 4 is 27.3 Å². The second-order valence-corrected chi connectivity index (χ2v) is 7.68. The zero-order valence-electron chi connectivity index (χ0n) is 15.4. The normalized spacial score (nSPS) is 10.6. The Kier molecular flexibility index (Phi) is 5.81. The van der Waals surface area contributed by atoms with Gasteiger partial charge in [-0.25, -0.2) is 8.42 Å². The molecule has 0 aliphatic heterocycles. The molecule has 0 radical (unpaired) electrons. The van der Waals surface area contributed by atoms with Gasteiger partial charge in [0, 0.05) is 16.9 Å². The highest BCUT2D eigenvalue weighted by Crippen LogP contribution is 2.20. The van der Waals surface area contributed by atoms with Crippen LogP contribution in [0.4, 0.5) is 11.4 Å². The summed E-state index contributed by atoms with van der Waals surface area (Å²) in [4.78, 5) is 12.4. The van der Waals surface area contributed by atoms with Crippen LogP contribution in [0.5, 0.6) is 5.75 Å². The van der Waals surface area contributed by atoms with Gasteiger partial charge in [0.15, 0.2) is 0 Å². The van der Waals surface area contributed by atoms with Crippen LogP contribution in [0.3, 0.4) is 0 Å². The number of nitrogens with zero attached hydrogens (tertiary/aromatic N) is 1. The summed E-state index contributed by atoms with van der Waals surface area (Å²) in [6, 6.07) is 20.5. The van der Waals surface area contributed by atoms with Crippen molar-refractivity contribution in [3.8, 4) is 11.8 Å². The number of carbonyl (C=O) groups is 1. The molecule has 0 saturated heterocycles. The highest BCUT2D eigenvalue weighted by atomic mass is 32.2. The van der Waals surface area contributed by atoms with Crippen LogP contribution in [0.15, 0.2) is 77.7 Å². The summed E-state index contributed by atoms with van der Waals surface area (Å²) in [6.07, 6.45) is 0. The van der Waals surface area contributed by atoms with Crippen LogP contribution in [-0.4, -0.2) is 21.4 Å². The van der Waals surface area contributed by atoms with Crippen LogP contribution in [0.1, 0.15) is 15.9 Å². The molecule has 0 fully saturated rings. The summed E-state index contributed by atoms with van der Waals surface area (Å²) in [7, 11) is -2.27. The predicted molar refractivity (Wildman–Crippen MR) is 109 cm³/mol. The van der Waals surface area contributed by atoms with Gasteiger partial charge in [0.25, 0.3) is 15.9 Å². The molecule has 0 atom stereocenters. The molecule has 0 aliphatic rings. The second kappa shape index (κ2) is 8.46. The van der Waals surface area contributed by atoms with Crippen molar-refractivity contribution in [2.24, 2.45) is 0 Å². The average Bonchev–Trinajstić information content (AvgIpc) is 2.74. The van der Waals surface area contributed by atoms with E-state index in [1.807, 2.05) is 6.07 Å². The van der Waals surface area contributed by atoms with Crippen LogP contribution in [0.2, 0.25) is 0 Å². The second-order valence-electron chi connectivity index (χ2n) is 6.00. The molecule has 3 aromatic rings. The molecule has 0 aliphatic carbocycles. The minimum absolute atomic E-state index is 0.0308. The molecule has 0 heterocycles. The number of methoxy groups -OCH3 is 1. The molecular formula is C21H17N3O4S. The van der Waals surface area contributed by atoms with Gasteiger partial charge in [0.05, 0.1) is 23.6 Å². The molecule has 0 bridgehead atoms. The van der Waals surface area contributed by atoms with Gasteiger partial charge in [-0.1, -0.05) is 0 Å². The zero-order valence-corrected chi connectivity index (χ0v) is 16.2. The van der Waals surface area contributed by atoms with Crippen LogP contribution >= 0.6 is 0 Å². The first-order chi connectivity index (χ1) is 13.9. The van der Waals surface area contributed by atoms with E-state index in [1.165, 1.54) is 31.4 Å². The molecular weight excluding hydrogens is 390 g/mol. The predicted octanol–water partition coefficient (Wildman–Crippen LogP) is 3.62. The third-order valence-electron chi connectivity index (χ3n) is 4.04. The van der Waals surface area contributed by atoms with Crippen molar-refractivity contribution < 1.29 is 17.9 Å². The number of sulfonamides is 1. The van der Waals surface area contributed by atoms with Crippen LogP contribution < -0.4 is 14.8 Å². The Morgan fingerprint density at radius 3 is 2.03 bits per heavy atom. The maximum Gasteiger partial charge on any atom is 0.261 e. The number of hydrogen-bond donors (Lipinski definition) is 2. The summed E-state index contributed by atoms with van der Waals surface area (Å²) in [6.45, 7) is 0. The number of nitriles is 1. The van der Waals surface area contributed by atoms with Crippen molar-refractivity contribution in [1.29, 1.82) is 5.26 Å². The number of hydrogen-bond acceptors (Lipinski definition) is 5. The summed E-state index contributed by atoms with van der Waals surface area (Å²) >= 11 is 0. The Morgan fingerprint density at radius 1 is 0.897 bits per heavy atom. The van der Waals surface area contributed by atoms with Gasteiger partial charge < -0.3 is 10.1 Å². The number of nitrogens with one attached hydrogen (secondary N) is 2. The first kappa shape index (κ1) is 19.9. The first-order valence-electron chi connectivity index (χ1n) is 8.50. The van der Waals surface area contributed by atoms with E-state index >= 15 is 0 Å². The number of rotatable bonds is 6. The van der Waals surface area contributed by atoms with Crippen LogP contribution in [-0.2, 0) is 10.0 Å². The molecule has 146 valence electrons. The van der Waals surface area contributed by atoms with E-state index in [0.29, 0.717) is 28.3 Å². The Hall–Kier alpha value is -3.83. The molecule has 0 unspecified atom stereocenters. The lowest BCUT2D eigenvalue weighted by Gasteiger charge is -2.10. The molecule has 0 saturated carbocycles. The standard InChI is InChI=1S/C21H17N3O4S/c1-28-19-10-8-18(9-11-19)24-29(26,27)20-12-4-16(5-13-20)21(25)23-17-6-2-15(14-22)3-7-17/h2-13,24H,1H3,(H,23,25). The van der Waals surface area contributed by atoms with Crippen molar-refractivity contribution in [2.45, 2.75) is 4.90 Å². The molecule has 29 heavy (non-hydrogen) atoms. The fraction of sp³-hybridized carbons (Fsp3) is 0.0476. The molecule has 2 N–H and O–H groups in total. The minimum atomic E-state index is -3.80. The molecule has 8 heteroatoms. The monoisotopic (exact) mass is 407 g/mol. The van der Waals surface area contributed by atoms with E-state index in [9.17, 15) is 13.2 Å². The maximum atomic E-state index is 12.5. The highest BCUT2D eigenvalue weighted by Gasteiger charge is 2.15. The summed E-state index contributed by atoms with van der Waals surface area (Å²) in [5, 5.41) is 11.5. The molecule has 3 rings (SSSR count). The quantitative estimate of drug-likeness (QED) is 0.649. The topological polar surface area (TPSA) is 108 Å². The molecule has 3 aromatic carbocycles. The highest BCUT2D eigenvalue weighted by molar-refractivity contribution is 7.92. The van der Waals surface area contributed by atoms with Gasteiger partial charge in [0.2, 0.25) is 0 Å². The van der Waals surface area contributed by atoms with Gasteiger partial charge in [-0.2, -0.15) is 5.26 Å². The fourth-order valence-corrected chi connectivity index (χ4v) is 3.55. The SMILES string of the molecule is COc1ccc(NS(=O)(=O)c2ccc(C(=O)Nc3ccc(C#N)cc3)cc2)cc1. The maximum absolute atomic E-state index is 12.5. The summed E-state index contributed by atoms with van der Waals surface area (Å²) in [5.74, 6) is 0.229. The number of ether oxygens (including phenoxy) is 1. The Morgan fingerprint density at radius 2 is 1.48 bits per heavy atom. The lowest BCUT2D eigenvalue weighted by Crippen LogP contribution is -2.14. The smallest absolute Gasteiger partial charge is 0.261 e. The lowest BCUT2D eigenvalue weighted by molar-refractivity contribution is 0.102. The van der Waals surface area contributed by atoms with Crippen LogP contribution in [0, 0.1) is 11.3 Å². The van der Waals surface area contributed by atoms with Crippen molar-refractivity contribution in [3.05, 3.63) is 83.9 Å². The zero-order chi connectivity index (χ0) is 20.9. The largest absolute Gasteiger partial charge is 0.497 e. The Bertz CT molecular complexity index is 1150. The van der Waals surface area contributed by atoms with Crippen molar-refractivity contribution in [1.82, 2.24) is 0 Å². The Balaban J connectivity index is 1.70. The number of anilines is 2. The fourth-order valence-electron chi connectivity index (χ4n) is 2.49. The van der Waals surface area contributed by atoms with Gasteiger partial charge in [0.1, 0.15) is 5.75 Å². The minimum Gasteiger partial charge on any atom is -0.497 e. The number of carbonyl (C=O) groups excluding carboxylic acids is 1. The third-order valence-corrected chi connectivity index (χ3v) is 5.44. The van der Waals surface area contributed by atoms with E-state index in [1.54, 1.807) is 48.5 Å². The van der Waals surface area contributed by atoms with E-state index in [0.717, 1.165) is 0 Å². The molecule has 0 aromatic heterocycles. The van der Waals surface area contributed by atoms with E-state index < -0.39 is 10.0 Å². The van der Waals surface area contributed by atoms with Crippen molar-refractivity contribution in [2.75, 3.05) is 17.1 Å². The van der Waals surface area contributed by atoms with Gasteiger partial charge in [-0.05, 0) is 72.8 Å². The van der Waals surface area contributed by atoms with E-state index in [-0.39, 0.29) is 10.8 Å². The number of benzene rings is 3. The molecule has 1 amide bonds. The molecule has 0 spiro atoms. The third kappa shape index (κ3) is 4.91. The molecule has 7 nitrogen and oxygen atoms in total. The Labute approximate surface area is 168 Å². The summed E-state index contributed by atoms with van der Waals surface area (Å²) in [5.41, 5.74) is 1.72. The number of amides is 1. The van der Waals surface area contributed by atoms with E-state index in [4.69, 9.17) is 10.00 Å². The van der Waals surface area contributed by atoms with Gasteiger partial charge in [-0.3, -0.25) is 9.52 Å². The van der Waals surface area contributed by atoms with Gasteiger partial charge >= 0.3 is 0 Å².